The Morgan fingerprint density at radius 3 is 2.39 bits per heavy atom. The molecule has 5 nitrogen and oxygen atoms in total. The molecule has 1 aromatic rings. The molecule has 1 unspecified atom stereocenters. The molecule has 0 bridgehead atoms. The molecule has 18 heavy (non-hydrogen) atoms. The quantitative estimate of drug-likeness (QED) is 0.780. The molecule has 0 fully saturated rings. The molecule has 1 aromatic carbocycles. The van der Waals surface area contributed by atoms with Crippen LogP contribution in [0.2, 0.25) is 0 Å². The van der Waals surface area contributed by atoms with Crippen molar-refractivity contribution in [2.45, 2.75) is 17.9 Å². The SMILES string of the molecule is CSCC(NS(=O)(=O)c1ccc(C)cc1)C(=O)[O-]. The molecule has 0 saturated heterocycles. The van der Waals surface area contributed by atoms with Crippen molar-refractivity contribution in [2.75, 3.05) is 12.0 Å². The van der Waals surface area contributed by atoms with Gasteiger partial charge in [0.15, 0.2) is 0 Å². The number of benzene rings is 1. The molecule has 0 aliphatic heterocycles. The fourth-order valence-electron chi connectivity index (χ4n) is 1.29. The lowest BCUT2D eigenvalue weighted by Crippen LogP contribution is -2.49. The van der Waals surface area contributed by atoms with Gasteiger partial charge in [0.1, 0.15) is 0 Å². The predicted molar refractivity (Wildman–Crippen MR) is 68.7 cm³/mol. The minimum Gasteiger partial charge on any atom is -0.548 e. The molecular weight excluding hydrogens is 274 g/mol. The number of carbonyl (C=O) groups excluding carboxylic acids is 1. The van der Waals surface area contributed by atoms with E-state index in [0.29, 0.717) is 0 Å². The number of sulfonamides is 1. The van der Waals surface area contributed by atoms with E-state index in [1.54, 1.807) is 18.4 Å². The predicted octanol–water partition coefficient (Wildman–Crippen LogP) is -0.245. The van der Waals surface area contributed by atoms with Crippen molar-refractivity contribution >= 4 is 27.8 Å². The van der Waals surface area contributed by atoms with Crippen molar-refractivity contribution in [3.8, 4) is 0 Å². The summed E-state index contributed by atoms with van der Waals surface area (Å²) in [6.07, 6.45) is 1.69. The highest BCUT2D eigenvalue weighted by molar-refractivity contribution is 7.98. The van der Waals surface area contributed by atoms with Crippen LogP contribution in [0.5, 0.6) is 0 Å². The van der Waals surface area contributed by atoms with Crippen LogP contribution in [0.1, 0.15) is 5.56 Å². The van der Waals surface area contributed by atoms with E-state index >= 15 is 0 Å². The molecule has 7 heteroatoms. The summed E-state index contributed by atoms with van der Waals surface area (Å²) in [7, 11) is -3.83. The van der Waals surface area contributed by atoms with E-state index in [1.807, 2.05) is 6.92 Å². The number of rotatable bonds is 6. The molecule has 100 valence electrons. The van der Waals surface area contributed by atoms with Crippen LogP contribution in [0.25, 0.3) is 0 Å². The zero-order valence-electron chi connectivity index (χ0n) is 10.0. The van der Waals surface area contributed by atoms with Crippen molar-refractivity contribution in [1.29, 1.82) is 0 Å². The van der Waals surface area contributed by atoms with Crippen molar-refractivity contribution < 1.29 is 18.3 Å². The van der Waals surface area contributed by atoms with Gasteiger partial charge >= 0.3 is 0 Å². The highest BCUT2D eigenvalue weighted by Gasteiger charge is 2.20. The molecule has 0 aliphatic rings. The third-order valence-corrected chi connectivity index (χ3v) is 4.40. The smallest absolute Gasteiger partial charge is 0.241 e. The fraction of sp³-hybridized carbons (Fsp3) is 0.364. The summed E-state index contributed by atoms with van der Waals surface area (Å²) in [5.41, 5.74) is 0.925. The molecule has 1 rings (SSSR count). The van der Waals surface area contributed by atoms with Crippen LogP contribution in [0.3, 0.4) is 0 Å². The number of thioether (sulfide) groups is 1. The van der Waals surface area contributed by atoms with Gasteiger partial charge in [0.05, 0.1) is 16.9 Å². The number of carbonyl (C=O) groups is 1. The van der Waals surface area contributed by atoms with E-state index in [0.717, 1.165) is 5.56 Å². The van der Waals surface area contributed by atoms with Crippen LogP contribution < -0.4 is 9.83 Å². The van der Waals surface area contributed by atoms with Gasteiger partial charge in [0.2, 0.25) is 10.0 Å². The lowest BCUT2D eigenvalue weighted by Gasteiger charge is -2.18. The van der Waals surface area contributed by atoms with E-state index in [1.165, 1.54) is 23.9 Å². The lowest BCUT2D eigenvalue weighted by atomic mass is 10.2. The first-order valence-electron chi connectivity index (χ1n) is 5.15. The monoisotopic (exact) mass is 288 g/mol. The summed E-state index contributed by atoms with van der Waals surface area (Å²) in [4.78, 5) is 10.8. The van der Waals surface area contributed by atoms with Gasteiger partial charge in [0, 0.05) is 5.75 Å². The van der Waals surface area contributed by atoms with E-state index in [9.17, 15) is 18.3 Å². The van der Waals surface area contributed by atoms with Gasteiger partial charge in [-0.3, -0.25) is 0 Å². The number of carboxylic acids is 1. The van der Waals surface area contributed by atoms with Crippen LogP contribution in [0.15, 0.2) is 29.2 Å². The Kier molecular flexibility index (Phi) is 5.18. The topological polar surface area (TPSA) is 86.3 Å². The van der Waals surface area contributed by atoms with Crippen molar-refractivity contribution in [1.82, 2.24) is 4.72 Å². The number of aryl methyl sites for hydroxylation is 1. The average molecular weight is 288 g/mol. The van der Waals surface area contributed by atoms with Crippen LogP contribution in [0, 0.1) is 6.92 Å². The summed E-state index contributed by atoms with van der Waals surface area (Å²) < 4.78 is 26.0. The molecule has 0 radical (unpaired) electrons. The number of hydrogen-bond acceptors (Lipinski definition) is 5. The second-order valence-corrected chi connectivity index (χ2v) is 6.39. The highest BCUT2D eigenvalue weighted by Crippen LogP contribution is 2.11. The molecule has 0 aliphatic carbocycles. The minimum atomic E-state index is -3.83. The lowest BCUT2D eigenvalue weighted by molar-refractivity contribution is -0.307. The Bertz CT molecular complexity index is 510. The van der Waals surface area contributed by atoms with Gasteiger partial charge in [0.25, 0.3) is 0 Å². The third kappa shape index (κ3) is 4.01. The number of carboxylic acid groups (broad SMARTS) is 1. The Labute approximate surface area is 111 Å². The molecule has 0 amide bonds. The van der Waals surface area contributed by atoms with Gasteiger partial charge < -0.3 is 9.90 Å². The molecule has 1 N–H and O–H groups in total. The summed E-state index contributed by atoms with van der Waals surface area (Å²) in [5, 5.41) is 10.8. The largest absolute Gasteiger partial charge is 0.548 e. The first-order valence-corrected chi connectivity index (χ1v) is 8.03. The van der Waals surface area contributed by atoms with Crippen LogP contribution in [0.4, 0.5) is 0 Å². The Morgan fingerprint density at radius 1 is 1.39 bits per heavy atom. The summed E-state index contributed by atoms with van der Waals surface area (Å²) >= 11 is 1.23. The molecule has 0 spiro atoms. The van der Waals surface area contributed by atoms with Crippen LogP contribution in [-0.2, 0) is 14.8 Å². The van der Waals surface area contributed by atoms with Crippen molar-refractivity contribution in [3.05, 3.63) is 29.8 Å². The molecule has 0 aromatic heterocycles. The van der Waals surface area contributed by atoms with Gasteiger partial charge in [-0.25, -0.2) is 13.1 Å². The summed E-state index contributed by atoms with van der Waals surface area (Å²) in [5.74, 6) is -1.31. The standard InChI is InChI=1S/C11H15NO4S2/c1-8-3-5-9(6-4-8)18(15,16)12-10(7-17-2)11(13)14/h3-6,10,12H,7H2,1-2H3,(H,13,14)/p-1. The van der Waals surface area contributed by atoms with Gasteiger partial charge in [-0.1, -0.05) is 17.7 Å². The Balaban J connectivity index is 2.93. The fourth-order valence-corrected chi connectivity index (χ4v) is 3.13. The Morgan fingerprint density at radius 2 is 1.94 bits per heavy atom. The zero-order valence-corrected chi connectivity index (χ0v) is 11.7. The zero-order chi connectivity index (χ0) is 13.8. The van der Waals surface area contributed by atoms with E-state index in [-0.39, 0.29) is 10.6 Å². The normalized spacial score (nSPS) is 13.2. The third-order valence-electron chi connectivity index (χ3n) is 2.25. The number of hydrogen-bond donors (Lipinski definition) is 1. The maximum Gasteiger partial charge on any atom is 0.241 e. The van der Waals surface area contributed by atoms with Crippen LogP contribution in [-0.4, -0.2) is 32.4 Å². The second-order valence-electron chi connectivity index (χ2n) is 3.76. The first-order chi connectivity index (χ1) is 8.36. The van der Waals surface area contributed by atoms with Gasteiger partial charge in [-0.2, -0.15) is 11.8 Å². The molecule has 1 atom stereocenters. The highest BCUT2D eigenvalue weighted by atomic mass is 32.2. The number of aliphatic carboxylic acids is 1. The van der Waals surface area contributed by atoms with Crippen molar-refractivity contribution in [3.63, 3.8) is 0 Å². The van der Waals surface area contributed by atoms with Crippen LogP contribution >= 0.6 is 11.8 Å². The summed E-state index contributed by atoms with van der Waals surface area (Å²) in [6.45, 7) is 1.83. The molecule has 0 heterocycles. The Hall–Kier alpha value is -1.05. The minimum absolute atomic E-state index is 0.0421. The van der Waals surface area contributed by atoms with Crippen molar-refractivity contribution in [2.24, 2.45) is 0 Å². The van der Waals surface area contributed by atoms with Gasteiger partial charge in [-0.05, 0) is 25.3 Å². The molecular formula is C11H14NO4S2-. The maximum absolute atomic E-state index is 11.9. The first kappa shape index (κ1) is 15.0. The number of nitrogens with one attached hydrogen (secondary N) is 1. The van der Waals surface area contributed by atoms with Gasteiger partial charge in [-0.15, -0.1) is 0 Å². The average Bonchev–Trinajstić information content (AvgIpc) is 2.28. The van der Waals surface area contributed by atoms with E-state index in [2.05, 4.69) is 4.72 Å². The maximum atomic E-state index is 11.9. The van der Waals surface area contributed by atoms with E-state index in [4.69, 9.17) is 0 Å². The second kappa shape index (κ2) is 6.21. The van der Waals surface area contributed by atoms with E-state index < -0.39 is 22.0 Å². The molecule has 0 saturated carbocycles. The summed E-state index contributed by atoms with van der Waals surface area (Å²) in [6, 6.07) is 4.94.